The molecule has 7 nitrogen and oxygen atoms in total. The summed E-state index contributed by atoms with van der Waals surface area (Å²) >= 11 is 0. The number of nitrogens with one attached hydrogen (secondary N) is 1. The minimum atomic E-state index is -1.78. The minimum Gasteiger partial charge on any atom is -0.463 e. The Hall–Kier alpha value is -2.57. The highest BCUT2D eigenvalue weighted by Crippen LogP contribution is 2.12. The van der Waals surface area contributed by atoms with Crippen LogP contribution in [0.25, 0.3) is 0 Å². The van der Waals surface area contributed by atoms with Gasteiger partial charge >= 0.3 is 12.2 Å². The van der Waals surface area contributed by atoms with E-state index in [0.29, 0.717) is 5.56 Å². The maximum absolute atomic E-state index is 11.8. The van der Waals surface area contributed by atoms with Crippen LogP contribution in [0.1, 0.15) is 21.5 Å². The van der Waals surface area contributed by atoms with E-state index in [0.717, 1.165) is 5.56 Å². The molecule has 0 spiro atoms. The summed E-state index contributed by atoms with van der Waals surface area (Å²) in [7, 11) is 0. The van der Waals surface area contributed by atoms with E-state index in [-0.39, 0.29) is 10.6 Å². The van der Waals surface area contributed by atoms with Crippen LogP contribution in [-0.4, -0.2) is 33.3 Å². The Balaban J connectivity index is 2.98. The van der Waals surface area contributed by atoms with Crippen molar-refractivity contribution in [2.75, 3.05) is 0 Å². The number of nitrogens with zero attached hydrogens (tertiary/aromatic N) is 1. The van der Waals surface area contributed by atoms with Crippen molar-refractivity contribution in [2.45, 2.75) is 13.8 Å². The fraction of sp³-hybridized carbons (Fsp3) is 0.182. The molecule has 0 fully saturated rings. The summed E-state index contributed by atoms with van der Waals surface area (Å²) in [6.45, 7) is 3.48. The third-order valence-electron chi connectivity index (χ3n) is 2.45. The summed E-state index contributed by atoms with van der Waals surface area (Å²) in [5, 5.41) is 17.0. The largest absolute Gasteiger partial charge is 0.463 e. The van der Waals surface area contributed by atoms with Crippen molar-refractivity contribution in [3.8, 4) is 0 Å². The first-order valence-corrected chi connectivity index (χ1v) is 4.97. The lowest BCUT2D eigenvalue weighted by Crippen LogP contribution is -2.48. The van der Waals surface area contributed by atoms with Gasteiger partial charge in [0.1, 0.15) is 0 Å². The molecule has 3 amide bonds. The molecule has 0 aromatic heterocycles. The van der Waals surface area contributed by atoms with Crippen LogP contribution in [0.3, 0.4) is 0 Å². The lowest BCUT2D eigenvalue weighted by Gasteiger charge is -2.15. The molecule has 0 saturated carbocycles. The van der Waals surface area contributed by atoms with Gasteiger partial charge in [-0.1, -0.05) is 12.1 Å². The SMILES string of the molecule is Cc1cccc(C(=O)NN(C(=O)O)C(=O)O)c1C. The maximum Gasteiger partial charge on any atom is 0.436 e. The Morgan fingerprint density at radius 3 is 2.17 bits per heavy atom. The minimum absolute atomic E-state index is 0.190. The van der Waals surface area contributed by atoms with Gasteiger partial charge in [-0.15, -0.1) is 5.01 Å². The van der Waals surface area contributed by atoms with Crippen molar-refractivity contribution in [3.05, 3.63) is 34.9 Å². The van der Waals surface area contributed by atoms with Crippen LogP contribution < -0.4 is 5.43 Å². The Morgan fingerprint density at radius 1 is 1.11 bits per heavy atom. The van der Waals surface area contributed by atoms with Crippen molar-refractivity contribution in [2.24, 2.45) is 0 Å². The molecule has 0 bridgehead atoms. The van der Waals surface area contributed by atoms with Gasteiger partial charge in [0, 0.05) is 5.56 Å². The van der Waals surface area contributed by atoms with Gasteiger partial charge in [0.15, 0.2) is 0 Å². The third-order valence-corrected chi connectivity index (χ3v) is 2.45. The smallest absolute Gasteiger partial charge is 0.436 e. The molecule has 1 rings (SSSR count). The summed E-state index contributed by atoms with van der Waals surface area (Å²) in [6.07, 6.45) is -3.55. The molecule has 0 radical (unpaired) electrons. The fourth-order valence-electron chi connectivity index (χ4n) is 1.34. The second-order valence-corrected chi connectivity index (χ2v) is 3.59. The molecule has 1 aromatic rings. The van der Waals surface area contributed by atoms with Gasteiger partial charge in [0.2, 0.25) is 0 Å². The number of imide groups is 1. The van der Waals surface area contributed by atoms with E-state index in [2.05, 4.69) is 0 Å². The van der Waals surface area contributed by atoms with Gasteiger partial charge in [-0.05, 0) is 31.0 Å². The van der Waals surface area contributed by atoms with Gasteiger partial charge in [0.05, 0.1) is 0 Å². The zero-order chi connectivity index (χ0) is 13.9. The van der Waals surface area contributed by atoms with Crippen LogP contribution in [0.4, 0.5) is 9.59 Å². The number of carboxylic acid groups (broad SMARTS) is 2. The molecule has 7 heteroatoms. The van der Waals surface area contributed by atoms with Crippen LogP contribution in [0.15, 0.2) is 18.2 Å². The topological polar surface area (TPSA) is 107 Å². The molecular formula is C11H12N2O5. The normalized spacial score (nSPS) is 9.67. The van der Waals surface area contributed by atoms with Crippen molar-refractivity contribution in [3.63, 3.8) is 0 Å². The molecule has 18 heavy (non-hydrogen) atoms. The zero-order valence-electron chi connectivity index (χ0n) is 9.80. The van der Waals surface area contributed by atoms with Gasteiger partial charge < -0.3 is 10.2 Å². The summed E-state index contributed by atoms with van der Waals surface area (Å²) in [6, 6.07) is 4.90. The average molecular weight is 252 g/mol. The van der Waals surface area contributed by atoms with Crippen LogP contribution in [-0.2, 0) is 0 Å². The lowest BCUT2D eigenvalue weighted by molar-refractivity contribution is 0.0728. The molecular weight excluding hydrogens is 240 g/mol. The number of hydrogen-bond donors (Lipinski definition) is 3. The van der Waals surface area contributed by atoms with Crippen LogP contribution in [0, 0.1) is 13.8 Å². The number of benzene rings is 1. The number of aryl methyl sites for hydroxylation is 1. The highest BCUT2D eigenvalue weighted by atomic mass is 16.4. The van der Waals surface area contributed by atoms with E-state index in [1.807, 2.05) is 0 Å². The van der Waals surface area contributed by atoms with Crippen molar-refractivity contribution in [1.82, 2.24) is 10.4 Å². The molecule has 0 aliphatic rings. The Labute approximate surface area is 103 Å². The second kappa shape index (κ2) is 5.17. The highest BCUT2D eigenvalue weighted by molar-refractivity contribution is 5.99. The number of rotatable bonds is 1. The average Bonchev–Trinajstić information content (AvgIpc) is 2.28. The number of hydrogen-bond acceptors (Lipinski definition) is 3. The summed E-state index contributed by atoms with van der Waals surface area (Å²) in [4.78, 5) is 32.9. The Kier molecular flexibility index (Phi) is 3.88. The quantitative estimate of drug-likeness (QED) is 0.658. The molecule has 0 heterocycles. The van der Waals surface area contributed by atoms with E-state index in [9.17, 15) is 14.4 Å². The molecule has 1 aromatic carbocycles. The zero-order valence-corrected chi connectivity index (χ0v) is 9.80. The highest BCUT2D eigenvalue weighted by Gasteiger charge is 2.23. The number of carbonyl (C=O) groups excluding carboxylic acids is 1. The van der Waals surface area contributed by atoms with Gasteiger partial charge in [-0.2, -0.15) is 0 Å². The third kappa shape index (κ3) is 2.76. The Morgan fingerprint density at radius 2 is 1.67 bits per heavy atom. The maximum atomic E-state index is 11.8. The molecule has 3 N–H and O–H groups in total. The first kappa shape index (κ1) is 13.5. The number of amides is 3. The summed E-state index contributed by atoms with van der Waals surface area (Å²) in [5.41, 5.74) is 3.53. The molecule has 0 aliphatic heterocycles. The van der Waals surface area contributed by atoms with E-state index < -0.39 is 18.1 Å². The lowest BCUT2D eigenvalue weighted by atomic mass is 10.0. The first-order valence-electron chi connectivity index (χ1n) is 4.97. The number of hydrazine groups is 1. The first-order chi connectivity index (χ1) is 8.34. The van der Waals surface area contributed by atoms with E-state index in [4.69, 9.17) is 10.2 Å². The van der Waals surface area contributed by atoms with Crippen molar-refractivity contribution in [1.29, 1.82) is 0 Å². The molecule has 0 aliphatic carbocycles. The van der Waals surface area contributed by atoms with Gasteiger partial charge in [-0.25, -0.2) is 15.0 Å². The molecule has 0 unspecified atom stereocenters. The second-order valence-electron chi connectivity index (χ2n) is 3.59. The van der Waals surface area contributed by atoms with E-state index in [1.165, 1.54) is 6.07 Å². The number of carbonyl (C=O) groups is 3. The van der Waals surface area contributed by atoms with Gasteiger partial charge in [-0.3, -0.25) is 4.79 Å². The predicted octanol–water partition coefficient (Wildman–Crippen LogP) is 1.61. The van der Waals surface area contributed by atoms with E-state index >= 15 is 0 Å². The monoisotopic (exact) mass is 252 g/mol. The van der Waals surface area contributed by atoms with Crippen molar-refractivity contribution < 1.29 is 24.6 Å². The Bertz CT molecular complexity index is 498. The van der Waals surface area contributed by atoms with Crippen molar-refractivity contribution >= 4 is 18.1 Å². The van der Waals surface area contributed by atoms with Crippen LogP contribution in [0.2, 0.25) is 0 Å². The molecule has 96 valence electrons. The summed E-state index contributed by atoms with van der Waals surface area (Å²) in [5.74, 6) is -0.791. The molecule has 0 saturated heterocycles. The van der Waals surface area contributed by atoms with E-state index in [1.54, 1.807) is 31.4 Å². The standard InChI is InChI=1S/C11H12N2O5/c1-6-4-3-5-8(7(6)2)9(14)12-13(10(15)16)11(17)18/h3-5H,1-2H3,(H,12,14)(H,15,16)(H,17,18). The molecule has 0 atom stereocenters. The predicted molar refractivity (Wildman–Crippen MR) is 61.3 cm³/mol. The summed E-state index contributed by atoms with van der Waals surface area (Å²) < 4.78 is 0. The fourth-order valence-corrected chi connectivity index (χ4v) is 1.34. The van der Waals surface area contributed by atoms with Gasteiger partial charge in [0.25, 0.3) is 5.91 Å². The van der Waals surface area contributed by atoms with Crippen LogP contribution in [0.5, 0.6) is 0 Å². The van der Waals surface area contributed by atoms with Crippen LogP contribution >= 0.6 is 0 Å².